The smallest absolute Gasteiger partial charge is 0.0226 e. The van der Waals surface area contributed by atoms with E-state index in [1.54, 1.807) is 20.5 Å². The third-order valence-corrected chi connectivity index (χ3v) is 103. The summed E-state index contributed by atoms with van der Waals surface area (Å²) < 4.78 is 0. The molecule has 0 aliphatic carbocycles. The third kappa shape index (κ3) is 2.27. The van der Waals surface area contributed by atoms with Crippen LogP contribution in [0.4, 0.5) is 0 Å². The van der Waals surface area contributed by atoms with Crippen molar-refractivity contribution in [2.75, 3.05) is 0 Å². The Morgan fingerprint density at radius 1 is 1.36 bits per heavy atom. The molecule has 0 radical (unpaired) electrons. The van der Waals surface area contributed by atoms with Crippen molar-refractivity contribution in [2.45, 2.75) is 42.9 Å². The minimum absolute atomic E-state index is 0.00960. The highest BCUT2D eigenvalue weighted by atomic mass is 30.0. The summed E-state index contributed by atoms with van der Waals surface area (Å²) in [6.45, 7) is 11.1. The maximum absolute atomic E-state index is 2.91. The summed E-state index contributed by atoms with van der Waals surface area (Å²) in [5.41, 5.74) is 1.33. The molecule has 14 heavy (non-hydrogen) atoms. The topological polar surface area (TPSA) is 0 Å². The van der Waals surface area contributed by atoms with Gasteiger partial charge in [-0.05, 0) is 0 Å². The van der Waals surface area contributed by atoms with E-state index in [-0.39, 0.29) is 15.7 Å². The van der Waals surface area contributed by atoms with Crippen LogP contribution in [0.1, 0.15) is 0 Å². The summed E-state index contributed by atoms with van der Waals surface area (Å²) >= 11 is 0. The largest absolute Gasteiger partial charge is 0.0773 e. The summed E-state index contributed by atoms with van der Waals surface area (Å²) in [7, 11) is 3.51. The van der Waals surface area contributed by atoms with Crippen LogP contribution in [0, 0.1) is 0 Å². The van der Waals surface area contributed by atoms with Crippen LogP contribution in [0.5, 0.6) is 0 Å². The Morgan fingerprint density at radius 2 is 1.93 bits per heavy atom. The molecule has 1 rings (SSSR count). The SMILES string of the molecule is C[SiH2][SiH]1[SiH](C)CC([SiH3])C([SiH3])[Si]1(C)[SiH2]C. The molecule has 1 saturated heterocycles. The number of hydrogen-bond acceptors (Lipinski definition) is 0. The lowest BCUT2D eigenvalue weighted by molar-refractivity contribution is 0.978. The van der Waals surface area contributed by atoms with E-state index in [2.05, 4.69) is 26.2 Å². The fourth-order valence-corrected chi connectivity index (χ4v) is 130. The first kappa shape index (κ1) is 13.6. The zero-order valence-electron chi connectivity index (χ0n) is 10.9. The molecule has 5 unspecified atom stereocenters. The third-order valence-electron chi connectivity index (χ3n) is 5.37. The molecule has 1 fully saturated rings. The summed E-state index contributed by atoms with van der Waals surface area (Å²) in [5, 5.41) is 1.43. The maximum atomic E-state index is 2.91. The van der Waals surface area contributed by atoms with Crippen LogP contribution in [-0.2, 0) is 0 Å². The summed E-state index contributed by atoms with van der Waals surface area (Å²) in [5.74, 6) is 0. The molecule has 0 saturated carbocycles. The normalized spacial score (nSPS) is 51.4. The lowest BCUT2D eigenvalue weighted by atomic mass is 10.5. The van der Waals surface area contributed by atoms with Gasteiger partial charge in [0.15, 0.2) is 0 Å². The van der Waals surface area contributed by atoms with Crippen LogP contribution in [0.15, 0.2) is 0 Å². The molecular formula is C7H28Si7. The van der Waals surface area contributed by atoms with Gasteiger partial charge >= 0.3 is 0 Å². The van der Waals surface area contributed by atoms with Gasteiger partial charge in [0.05, 0.1) is 0 Å². The fraction of sp³-hybridized carbons (Fsp3) is 1.00. The van der Waals surface area contributed by atoms with Gasteiger partial charge in [-0.25, -0.2) is 0 Å². The average molecular weight is 309 g/mol. The van der Waals surface area contributed by atoms with Crippen molar-refractivity contribution >= 4 is 61.3 Å². The predicted octanol–water partition coefficient (Wildman–Crippen LogP) is -2.41. The van der Waals surface area contributed by atoms with Gasteiger partial charge in [-0.2, -0.15) is 0 Å². The first-order chi connectivity index (χ1) is 6.47. The van der Waals surface area contributed by atoms with Gasteiger partial charge in [0.2, 0.25) is 0 Å². The number of hydrogen-bond donors (Lipinski definition) is 0. The molecule has 0 N–H and O–H groups in total. The van der Waals surface area contributed by atoms with Crippen LogP contribution >= 0.6 is 0 Å². The molecule has 0 nitrogen and oxygen atoms in total. The maximum Gasteiger partial charge on any atom is 0.0226 e. The van der Waals surface area contributed by atoms with Crippen molar-refractivity contribution in [3.8, 4) is 0 Å². The molecule has 84 valence electrons. The molecule has 7 heteroatoms. The molecule has 0 aromatic heterocycles. The van der Waals surface area contributed by atoms with E-state index < -0.39 is 7.11 Å². The van der Waals surface area contributed by atoms with Gasteiger partial charge in [-0.3, -0.25) is 0 Å². The molecular weight excluding hydrogens is 281 g/mol. The van der Waals surface area contributed by atoms with Gasteiger partial charge < -0.3 is 0 Å². The van der Waals surface area contributed by atoms with Gasteiger partial charge in [0, 0.05) is 61.3 Å². The highest BCUT2D eigenvalue weighted by Crippen LogP contribution is 2.39. The van der Waals surface area contributed by atoms with Gasteiger partial charge in [-0.1, -0.05) is 42.9 Å². The molecule has 0 bridgehead atoms. The standard InChI is InChI=1S/C7H28Si7/c1-10-13-12(3)5-6(8)7(9)14(13,4)11-2/h6-7,12-13H,5,10-11H2,1-4,8-9H3. The first-order valence-corrected chi connectivity index (χ1v) is 26.2. The minimum Gasteiger partial charge on any atom is -0.0773 e. The second-order valence-corrected chi connectivity index (χ2v) is 52.3. The Kier molecular flexibility index (Phi) is 5.08. The molecule has 0 aromatic rings. The van der Waals surface area contributed by atoms with E-state index in [4.69, 9.17) is 0 Å². The highest BCUT2D eigenvalue weighted by Gasteiger charge is 2.48. The Bertz CT molecular complexity index is 198. The Hall–Kier alpha value is 1.52. The van der Waals surface area contributed by atoms with Crippen LogP contribution < -0.4 is 0 Å². The molecule has 5 atom stereocenters. The monoisotopic (exact) mass is 308 g/mol. The van der Waals surface area contributed by atoms with Gasteiger partial charge in [0.25, 0.3) is 0 Å². The van der Waals surface area contributed by atoms with E-state index in [1.807, 2.05) is 6.04 Å². The van der Waals surface area contributed by atoms with E-state index in [9.17, 15) is 0 Å². The molecule has 0 aromatic carbocycles. The summed E-state index contributed by atoms with van der Waals surface area (Å²) in [4.78, 5) is 0. The average Bonchev–Trinajstić information content (AvgIpc) is 2.15. The van der Waals surface area contributed by atoms with Crippen LogP contribution in [0.3, 0.4) is 0 Å². The van der Waals surface area contributed by atoms with E-state index in [0.717, 1.165) is 0 Å². The van der Waals surface area contributed by atoms with Crippen molar-refractivity contribution in [1.29, 1.82) is 0 Å². The second-order valence-electron chi connectivity index (χ2n) is 5.85. The molecule has 1 aliphatic rings. The van der Waals surface area contributed by atoms with Crippen LogP contribution in [0.2, 0.25) is 42.9 Å². The molecule has 0 amide bonds. The molecule has 0 spiro atoms. The second kappa shape index (κ2) is 5.23. The molecule has 1 aliphatic heterocycles. The van der Waals surface area contributed by atoms with Gasteiger partial charge in [0.1, 0.15) is 0 Å². The molecule has 1 heterocycles. The zero-order valence-corrected chi connectivity index (χ0v) is 21.1. The van der Waals surface area contributed by atoms with E-state index in [1.165, 1.54) is 10.7 Å². The Labute approximate surface area is 104 Å². The van der Waals surface area contributed by atoms with Crippen molar-refractivity contribution < 1.29 is 0 Å². The van der Waals surface area contributed by atoms with Crippen molar-refractivity contribution in [3.05, 3.63) is 0 Å². The lowest BCUT2D eigenvalue weighted by Gasteiger charge is -2.49. The first-order valence-electron chi connectivity index (χ1n) is 6.47. The van der Waals surface area contributed by atoms with Crippen LogP contribution in [-0.4, -0.2) is 61.3 Å². The van der Waals surface area contributed by atoms with Crippen molar-refractivity contribution in [1.82, 2.24) is 0 Å². The quantitative estimate of drug-likeness (QED) is 0.499. The van der Waals surface area contributed by atoms with E-state index >= 15 is 0 Å². The zero-order chi connectivity index (χ0) is 10.9. The number of rotatable bonds is 2. The Morgan fingerprint density at radius 3 is 2.36 bits per heavy atom. The summed E-state index contributed by atoms with van der Waals surface area (Å²) in [6, 6.07) is 1.83. The van der Waals surface area contributed by atoms with Gasteiger partial charge in [-0.15, -0.1) is 0 Å². The van der Waals surface area contributed by atoms with Crippen molar-refractivity contribution in [2.24, 2.45) is 0 Å². The minimum atomic E-state index is -0.472. The fourth-order valence-electron chi connectivity index (χ4n) is 4.05. The van der Waals surface area contributed by atoms with Crippen LogP contribution in [0.25, 0.3) is 0 Å². The van der Waals surface area contributed by atoms with Crippen molar-refractivity contribution in [3.63, 3.8) is 0 Å². The highest BCUT2D eigenvalue weighted by molar-refractivity contribution is 7.82. The Balaban J connectivity index is 2.93. The van der Waals surface area contributed by atoms with E-state index in [0.29, 0.717) is 18.1 Å². The summed E-state index contributed by atoms with van der Waals surface area (Å²) in [6.07, 6.45) is 0. The predicted molar refractivity (Wildman–Crippen MR) is 92.8 cm³/mol. The lowest BCUT2D eigenvalue weighted by Crippen LogP contribution is -2.69.